The lowest BCUT2D eigenvalue weighted by atomic mass is 10.1. The number of para-hydroxylation sites is 1. The van der Waals surface area contributed by atoms with Crippen molar-refractivity contribution in [2.24, 2.45) is 0 Å². The molecule has 1 aromatic heterocycles. The zero-order chi connectivity index (χ0) is 10.4. The maximum Gasteiger partial charge on any atom is 0.171 e. The van der Waals surface area contributed by atoms with Crippen LogP contribution in [-0.2, 0) is 0 Å². The molecule has 1 heterocycles. The molecule has 0 saturated carbocycles. The number of furan rings is 1. The van der Waals surface area contributed by atoms with Crippen LogP contribution in [0.15, 0.2) is 40.8 Å². The largest absolute Gasteiger partial charge is 0.453 e. The van der Waals surface area contributed by atoms with Crippen molar-refractivity contribution in [2.45, 2.75) is 0 Å². The van der Waals surface area contributed by atoms with E-state index in [9.17, 15) is 8.78 Å². The van der Waals surface area contributed by atoms with E-state index in [4.69, 9.17) is 4.42 Å². The van der Waals surface area contributed by atoms with Crippen LogP contribution < -0.4 is 0 Å². The first kappa shape index (κ1) is 8.41. The van der Waals surface area contributed by atoms with Crippen LogP contribution in [0.3, 0.4) is 0 Å². The quantitative estimate of drug-likeness (QED) is 0.541. The van der Waals surface area contributed by atoms with Crippen molar-refractivity contribution < 1.29 is 13.2 Å². The van der Waals surface area contributed by atoms with E-state index in [2.05, 4.69) is 0 Å². The number of fused-ring (bicyclic) bond motifs is 3. The van der Waals surface area contributed by atoms with Gasteiger partial charge in [0.15, 0.2) is 11.4 Å². The van der Waals surface area contributed by atoms with E-state index in [0.29, 0.717) is 11.0 Å². The smallest absolute Gasteiger partial charge is 0.171 e. The number of hydrogen-bond donors (Lipinski definition) is 0. The molecular formula is C12H6F2O. The Hall–Kier alpha value is -1.90. The van der Waals surface area contributed by atoms with Gasteiger partial charge in [-0.1, -0.05) is 12.1 Å². The molecular weight excluding hydrogens is 198 g/mol. The van der Waals surface area contributed by atoms with Crippen LogP contribution >= 0.6 is 0 Å². The van der Waals surface area contributed by atoms with Crippen LogP contribution in [0.5, 0.6) is 0 Å². The molecule has 0 radical (unpaired) electrons. The summed E-state index contributed by atoms with van der Waals surface area (Å²) >= 11 is 0. The van der Waals surface area contributed by atoms with Gasteiger partial charge in [0, 0.05) is 16.8 Å². The second-order valence-electron chi connectivity index (χ2n) is 3.36. The Morgan fingerprint density at radius 3 is 2.67 bits per heavy atom. The van der Waals surface area contributed by atoms with Crippen molar-refractivity contribution in [3.63, 3.8) is 0 Å². The summed E-state index contributed by atoms with van der Waals surface area (Å²) in [7, 11) is 0. The summed E-state index contributed by atoms with van der Waals surface area (Å²) in [4.78, 5) is 0. The predicted molar refractivity (Wildman–Crippen MR) is 53.6 cm³/mol. The molecule has 3 aromatic rings. The Labute approximate surface area is 83.9 Å². The van der Waals surface area contributed by atoms with E-state index in [0.717, 1.165) is 5.39 Å². The van der Waals surface area contributed by atoms with Gasteiger partial charge in [-0.15, -0.1) is 0 Å². The Kier molecular flexibility index (Phi) is 1.57. The number of benzene rings is 2. The molecule has 0 saturated heterocycles. The van der Waals surface area contributed by atoms with Crippen molar-refractivity contribution in [3.8, 4) is 0 Å². The number of rotatable bonds is 0. The minimum atomic E-state index is -0.427. The first-order chi connectivity index (χ1) is 7.25. The van der Waals surface area contributed by atoms with E-state index < -0.39 is 5.82 Å². The van der Waals surface area contributed by atoms with E-state index in [-0.39, 0.29) is 11.4 Å². The third kappa shape index (κ3) is 1.13. The van der Waals surface area contributed by atoms with Gasteiger partial charge in [0.05, 0.1) is 0 Å². The molecule has 0 atom stereocenters. The molecule has 0 aliphatic carbocycles. The van der Waals surface area contributed by atoms with Crippen molar-refractivity contribution in [3.05, 3.63) is 48.0 Å². The molecule has 0 amide bonds. The third-order valence-electron chi connectivity index (χ3n) is 2.41. The Balaban J connectivity index is 2.57. The highest BCUT2D eigenvalue weighted by Crippen LogP contribution is 2.30. The second kappa shape index (κ2) is 2.79. The predicted octanol–water partition coefficient (Wildman–Crippen LogP) is 3.86. The van der Waals surface area contributed by atoms with E-state index in [1.807, 2.05) is 0 Å². The summed E-state index contributed by atoms with van der Waals surface area (Å²) in [5.41, 5.74) is 0.549. The van der Waals surface area contributed by atoms with Gasteiger partial charge in [-0.3, -0.25) is 0 Å². The van der Waals surface area contributed by atoms with Crippen molar-refractivity contribution in [1.29, 1.82) is 0 Å². The van der Waals surface area contributed by atoms with Gasteiger partial charge in [0.2, 0.25) is 0 Å². The van der Waals surface area contributed by atoms with Gasteiger partial charge in [-0.2, -0.15) is 0 Å². The van der Waals surface area contributed by atoms with Gasteiger partial charge in [0.1, 0.15) is 11.4 Å². The minimum absolute atomic E-state index is 0.179. The standard InChI is InChI=1S/C12H6F2O/c13-7-4-5-8-9-2-1-3-10(14)12(9)15-11(8)6-7/h1-6H. The summed E-state index contributed by atoms with van der Waals surface area (Å²) < 4.78 is 31.5. The summed E-state index contributed by atoms with van der Waals surface area (Å²) in [6.45, 7) is 0. The normalized spacial score (nSPS) is 11.3. The number of hydrogen-bond acceptors (Lipinski definition) is 1. The van der Waals surface area contributed by atoms with Gasteiger partial charge in [-0.05, 0) is 18.2 Å². The highest BCUT2D eigenvalue weighted by atomic mass is 19.1. The van der Waals surface area contributed by atoms with Crippen molar-refractivity contribution in [1.82, 2.24) is 0 Å². The van der Waals surface area contributed by atoms with Crippen LogP contribution in [0.1, 0.15) is 0 Å². The van der Waals surface area contributed by atoms with Crippen molar-refractivity contribution in [2.75, 3.05) is 0 Å². The molecule has 3 rings (SSSR count). The van der Waals surface area contributed by atoms with Crippen LogP contribution in [0.25, 0.3) is 21.9 Å². The molecule has 0 bridgehead atoms. The summed E-state index contributed by atoms with van der Waals surface area (Å²) in [5, 5.41) is 1.40. The third-order valence-corrected chi connectivity index (χ3v) is 2.41. The molecule has 0 N–H and O–H groups in total. The topological polar surface area (TPSA) is 13.1 Å². The molecule has 15 heavy (non-hydrogen) atoms. The highest BCUT2D eigenvalue weighted by molar-refractivity contribution is 6.04. The molecule has 0 aliphatic rings. The van der Waals surface area contributed by atoms with E-state index >= 15 is 0 Å². The minimum Gasteiger partial charge on any atom is -0.453 e. The van der Waals surface area contributed by atoms with Crippen LogP contribution in [0.4, 0.5) is 8.78 Å². The first-order valence-corrected chi connectivity index (χ1v) is 4.52. The Bertz CT molecular complexity index is 655. The fraction of sp³-hybridized carbons (Fsp3) is 0. The molecule has 1 nitrogen and oxygen atoms in total. The van der Waals surface area contributed by atoms with Crippen LogP contribution in [0.2, 0.25) is 0 Å². The van der Waals surface area contributed by atoms with Gasteiger partial charge >= 0.3 is 0 Å². The SMILES string of the molecule is Fc1ccc2c(c1)oc1c(F)cccc12. The highest BCUT2D eigenvalue weighted by Gasteiger charge is 2.10. The lowest BCUT2D eigenvalue weighted by Gasteiger charge is -1.89. The first-order valence-electron chi connectivity index (χ1n) is 4.52. The van der Waals surface area contributed by atoms with Crippen LogP contribution in [0, 0.1) is 11.6 Å². The summed E-state index contributed by atoms with van der Waals surface area (Å²) in [5.74, 6) is -0.814. The van der Waals surface area contributed by atoms with Gasteiger partial charge in [0.25, 0.3) is 0 Å². The number of halogens is 2. The van der Waals surface area contributed by atoms with Gasteiger partial charge < -0.3 is 4.42 Å². The van der Waals surface area contributed by atoms with E-state index in [1.54, 1.807) is 18.2 Å². The fourth-order valence-electron chi connectivity index (χ4n) is 1.74. The Morgan fingerprint density at radius 1 is 0.933 bits per heavy atom. The molecule has 0 unspecified atom stereocenters. The molecule has 0 spiro atoms. The molecule has 0 fully saturated rings. The lowest BCUT2D eigenvalue weighted by Crippen LogP contribution is -1.72. The average molecular weight is 204 g/mol. The average Bonchev–Trinajstić information content (AvgIpc) is 2.57. The fourth-order valence-corrected chi connectivity index (χ4v) is 1.74. The molecule has 74 valence electrons. The maximum absolute atomic E-state index is 13.3. The van der Waals surface area contributed by atoms with Crippen LogP contribution in [-0.4, -0.2) is 0 Å². The molecule has 0 aliphatic heterocycles. The van der Waals surface area contributed by atoms with Gasteiger partial charge in [-0.25, -0.2) is 8.78 Å². The maximum atomic E-state index is 13.3. The van der Waals surface area contributed by atoms with Crippen molar-refractivity contribution >= 4 is 21.9 Å². The monoisotopic (exact) mass is 204 g/mol. The summed E-state index contributed by atoms with van der Waals surface area (Å²) in [6.07, 6.45) is 0. The molecule has 2 aromatic carbocycles. The zero-order valence-corrected chi connectivity index (χ0v) is 7.63. The second-order valence-corrected chi connectivity index (χ2v) is 3.36. The Morgan fingerprint density at radius 2 is 1.80 bits per heavy atom. The lowest BCUT2D eigenvalue weighted by molar-refractivity contribution is 0.580. The summed E-state index contributed by atoms with van der Waals surface area (Å²) in [6, 6.07) is 8.87. The molecule has 3 heteroatoms. The van der Waals surface area contributed by atoms with E-state index in [1.165, 1.54) is 18.2 Å². The zero-order valence-electron chi connectivity index (χ0n) is 7.63.